The topological polar surface area (TPSA) is 72.6 Å². The number of fused-ring (bicyclic) bond motifs is 1. The molecular formula is C25H21F3N2O4S. The molecule has 6 nitrogen and oxygen atoms in total. The molecule has 182 valence electrons. The molecule has 5 rings (SSSR count). The number of halogens is 3. The average molecular weight is 503 g/mol. The molecule has 1 fully saturated rings. The first-order valence-corrected chi connectivity index (χ1v) is 12.3. The molecule has 0 radical (unpaired) electrons. The third kappa shape index (κ3) is 4.39. The molecule has 3 aromatic carbocycles. The maximum atomic E-state index is 13.3. The molecule has 2 heterocycles. The summed E-state index contributed by atoms with van der Waals surface area (Å²) in [6.07, 6.45) is -3.17. The smallest absolute Gasteiger partial charge is 0.416 e. The highest BCUT2D eigenvalue weighted by Crippen LogP contribution is 2.38. The van der Waals surface area contributed by atoms with Gasteiger partial charge in [0.25, 0.3) is 0 Å². The Morgan fingerprint density at radius 2 is 1.69 bits per heavy atom. The van der Waals surface area contributed by atoms with Crippen LogP contribution in [-0.2, 0) is 16.2 Å². The van der Waals surface area contributed by atoms with Gasteiger partial charge >= 0.3 is 6.18 Å². The van der Waals surface area contributed by atoms with E-state index >= 15 is 0 Å². The Morgan fingerprint density at radius 3 is 2.34 bits per heavy atom. The van der Waals surface area contributed by atoms with E-state index in [4.69, 9.17) is 9.15 Å². The van der Waals surface area contributed by atoms with Gasteiger partial charge in [0.15, 0.2) is 5.58 Å². The number of aromatic nitrogens is 1. The van der Waals surface area contributed by atoms with Crippen molar-refractivity contribution in [3.05, 3.63) is 78.2 Å². The number of rotatable bonds is 5. The van der Waals surface area contributed by atoms with Crippen LogP contribution in [0.2, 0.25) is 0 Å². The molecule has 35 heavy (non-hydrogen) atoms. The number of hydrogen-bond donors (Lipinski definition) is 0. The van der Waals surface area contributed by atoms with Crippen molar-refractivity contribution in [1.82, 2.24) is 9.29 Å². The minimum atomic E-state index is -4.40. The van der Waals surface area contributed by atoms with E-state index in [2.05, 4.69) is 4.98 Å². The summed E-state index contributed by atoms with van der Waals surface area (Å²) in [6, 6.07) is 15.7. The van der Waals surface area contributed by atoms with Crippen molar-refractivity contribution >= 4 is 21.1 Å². The average Bonchev–Trinajstić information content (AvgIpc) is 3.50. The number of oxazole rings is 1. The Bertz CT molecular complexity index is 1460. The molecule has 0 spiro atoms. The van der Waals surface area contributed by atoms with Crippen molar-refractivity contribution in [2.24, 2.45) is 0 Å². The van der Waals surface area contributed by atoms with Gasteiger partial charge in [0.05, 0.1) is 17.6 Å². The molecule has 0 N–H and O–H groups in total. The largest absolute Gasteiger partial charge is 0.497 e. The second kappa shape index (κ2) is 8.69. The van der Waals surface area contributed by atoms with Crippen molar-refractivity contribution in [3.63, 3.8) is 0 Å². The van der Waals surface area contributed by atoms with E-state index in [9.17, 15) is 21.6 Å². The highest BCUT2D eigenvalue weighted by Gasteiger charge is 2.39. The summed E-state index contributed by atoms with van der Waals surface area (Å²) in [5.41, 5.74) is 1.55. The molecule has 0 saturated carbocycles. The summed E-state index contributed by atoms with van der Waals surface area (Å²) in [4.78, 5) is 4.71. The van der Waals surface area contributed by atoms with Crippen molar-refractivity contribution in [3.8, 4) is 16.9 Å². The Kier molecular flexibility index (Phi) is 5.80. The van der Waals surface area contributed by atoms with Gasteiger partial charge in [-0.15, -0.1) is 0 Å². The zero-order valence-corrected chi connectivity index (χ0v) is 19.4. The normalized spacial score (nSPS) is 17.2. The summed E-state index contributed by atoms with van der Waals surface area (Å²) in [7, 11) is -2.27. The van der Waals surface area contributed by atoms with Crippen LogP contribution in [0, 0.1) is 0 Å². The van der Waals surface area contributed by atoms with E-state index in [-0.39, 0.29) is 4.90 Å². The quantitative estimate of drug-likeness (QED) is 0.332. The molecule has 4 aromatic rings. The van der Waals surface area contributed by atoms with Crippen LogP contribution in [-0.4, -0.2) is 31.4 Å². The number of ether oxygens (including phenoxy) is 1. The number of nitrogens with zero attached hydrogens (tertiary/aromatic N) is 2. The first kappa shape index (κ1) is 23.4. The lowest BCUT2D eigenvalue weighted by molar-refractivity contribution is -0.137. The van der Waals surface area contributed by atoms with Gasteiger partial charge in [-0.3, -0.25) is 0 Å². The van der Waals surface area contributed by atoms with Gasteiger partial charge in [-0.25, -0.2) is 13.4 Å². The van der Waals surface area contributed by atoms with Gasteiger partial charge in [-0.2, -0.15) is 17.5 Å². The standard InChI is InChI=1S/C25H21F3N2O4S/c1-33-19-9-11-20(12-10-19)35(31,32)30-14-2-3-22(30)24-29-21-15-17(6-13-23(21)34-24)16-4-7-18(8-5-16)25(26,27)28/h4-13,15,22H,2-3,14H2,1H3. The summed E-state index contributed by atoms with van der Waals surface area (Å²) in [5, 5.41) is 0. The van der Waals surface area contributed by atoms with E-state index in [1.807, 2.05) is 0 Å². The fourth-order valence-electron chi connectivity index (χ4n) is 4.28. The fourth-order valence-corrected chi connectivity index (χ4v) is 5.93. The minimum absolute atomic E-state index is 0.158. The number of alkyl halides is 3. The lowest BCUT2D eigenvalue weighted by Gasteiger charge is -2.21. The number of sulfonamides is 1. The first-order chi connectivity index (χ1) is 16.7. The van der Waals surface area contributed by atoms with E-state index in [1.165, 1.54) is 35.7 Å². The Hall–Kier alpha value is -3.37. The molecule has 1 unspecified atom stereocenters. The van der Waals surface area contributed by atoms with Crippen LogP contribution < -0.4 is 4.74 Å². The lowest BCUT2D eigenvalue weighted by Crippen LogP contribution is -2.30. The van der Waals surface area contributed by atoms with Crippen LogP contribution in [0.25, 0.3) is 22.2 Å². The van der Waals surface area contributed by atoms with Gasteiger partial charge in [-0.1, -0.05) is 18.2 Å². The minimum Gasteiger partial charge on any atom is -0.497 e. The maximum Gasteiger partial charge on any atom is 0.416 e. The number of hydrogen-bond acceptors (Lipinski definition) is 5. The van der Waals surface area contributed by atoms with Crippen molar-refractivity contribution in [1.29, 1.82) is 0 Å². The zero-order chi connectivity index (χ0) is 24.8. The molecule has 1 aromatic heterocycles. The van der Waals surface area contributed by atoms with Crippen LogP contribution in [0.4, 0.5) is 13.2 Å². The van der Waals surface area contributed by atoms with Crippen molar-refractivity contribution in [2.45, 2.75) is 30.0 Å². The molecule has 1 aliphatic heterocycles. The summed E-state index contributed by atoms with van der Waals surface area (Å²) < 4.78 is 77.6. The predicted molar refractivity (Wildman–Crippen MR) is 123 cm³/mol. The van der Waals surface area contributed by atoms with Crippen LogP contribution in [0.5, 0.6) is 5.75 Å². The third-order valence-electron chi connectivity index (χ3n) is 6.10. The highest BCUT2D eigenvalue weighted by molar-refractivity contribution is 7.89. The van der Waals surface area contributed by atoms with Crippen LogP contribution >= 0.6 is 0 Å². The van der Waals surface area contributed by atoms with Crippen LogP contribution in [0.15, 0.2) is 76.0 Å². The van der Waals surface area contributed by atoms with E-state index in [0.717, 1.165) is 12.1 Å². The van der Waals surface area contributed by atoms with Gasteiger partial charge in [-0.05, 0) is 72.5 Å². The molecular weight excluding hydrogens is 481 g/mol. The van der Waals surface area contributed by atoms with E-state index in [0.29, 0.717) is 53.3 Å². The predicted octanol–water partition coefficient (Wildman–Crippen LogP) is 6.05. The Morgan fingerprint density at radius 1 is 1.00 bits per heavy atom. The molecule has 1 atom stereocenters. The molecule has 1 saturated heterocycles. The lowest BCUT2D eigenvalue weighted by atomic mass is 10.0. The van der Waals surface area contributed by atoms with E-state index < -0.39 is 27.8 Å². The summed E-state index contributed by atoms with van der Waals surface area (Å²) in [5.74, 6) is 0.851. The molecule has 0 amide bonds. The van der Waals surface area contributed by atoms with Crippen molar-refractivity contribution < 1.29 is 30.7 Å². The van der Waals surface area contributed by atoms with Crippen molar-refractivity contribution in [2.75, 3.05) is 13.7 Å². The maximum absolute atomic E-state index is 13.3. The molecule has 0 aliphatic carbocycles. The van der Waals surface area contributed by atoms with E-state index in [1.54, 1.807) is 30.3 Å². The molecule has 10 heteroatoms. The second-order valence-corrected chi connectivity index (χ2v) is 10.1. The third-order valence-corrected chi connectivity index (χ3v) is 8.03. The monoisotopic (exact) mass is 502 g/mol. The SMILES string of the molecule is COc1ccc(S(=O)(=O)N2CCCC2c2nc3cc(-c4ccc(C(F)(F)F)cc4)ccc3o2)cc1. The van der Waals surface area contributed by atoms with Gasteiger partial charge in [0, 0.05) is 6.54 Å². The Balaban J connectivity index is 1.44. The number of methoxy groups -OCH3 is 1. The summed E-state index contributed by atoms with van der Waals surface area (Å²) in [6.45, 7) is 0.342. The first-order valence-electron chi connectivity index (χ1n) is 10.9. The highest BCUT2D eigenvalue weighted by atomic mass is 32.2. The van der Waals surface area contributed by atoms with Gasteiger partial charge in [0.2, 0.25) is 15.9 Å². The Labute approximate surface area is 200 Å². The molecule has 0 bridgehead atoms. The van der Waals surface area contributed by atoms with Gasteiger partial charge < -0.3 is 9.15 Å². The molecule has 1 aliphatic rings. The zero-order valence-electron chi connectivity index (χ0n) is 18.6. The second-order valence-electron chi connectivity index (χ2n) is 8.26. The summed E-state index contributed by atoms with van der Waals surface area (Å²) >= 11 is 0. The van der Waals surface area contributed by atoms with Crippen LogP contribution in [0.3, 0.4) is 0 Å². The number of benzene rings is 3. The fraction of sp³-hybridized carbons (Fsp3) is 0.240. The van der Waals surface area contributed by atoms with Gasteiger partial charge in [0.1, 0.15) is 17.3 Å². The van der Waals surface area contributed by atoms with Crippen LogP contribution in [0.1, 0.15) is 30.3 Å².